The van der Waals surface area contributed by atoms with Crippen molar-refractivity contribution in [1.82, 2.24) is 29.5 Å². The molecular weight excluding hydrogens is 555 g/mol. The minimum absolute atomic E-state index is 0.0625. The first-order chi connectivity index (χ1) is 20.9. The Kier molecular flexibility index (Phi) is 6.87. The van der Waals surface area contributed by atoms with Crippen LogP contribution in [-0.2, 0) is 16.0 Å². The van der Waals surface area contributed by atoms with Gasteiger partial charge in [0, 0.05) is 42.1 Å². The van der Waals surface area contributed by atoms with Crippen LogP contribution in [0.2, 0.25) is 0 Å². The van der Waals surface area contributed by atoms with Gasteiger partial charge in [-0.25, -0.2) is 19.0 Å². The molecule has 1 amide bonds. The second kappa shape index (κ2) is 11.0. The monoisotopic (exact) mass is 582 g/mol. The Morgan fingerprint density at radius 1 is 1.00 bits per heavy atom. The van der Waals surface area contributed by atoms with Gasteiger partial charge in [-0.1, -0.05) is 24.3 Å². The fourth-order valence-corrected chi connectivity index (χ4v) is 5.33. The third-order valence-corrected chi connectivity index (χ3v) is 7.71. The Morgan fingerprint density at radius 3 is 2.47 bits per heavy atom. The molecule has 0 spiro atoms. The highest BCUT2D eigenvalue weighted by atomic mass is 19.1. The lowest BCUT2D eigenvalue weighted by molar-refractivity contribution is -0.0268. The molecule has 2 aliphatic rings. The molecule has 43 heavy (non-hydrogen) atoms. The predicted molar refractivity (Wildman–Crippen MR) is 156 cm³/mol. The number of anilines is 2. The van der Waals surface area contributed by atoms with Crippen LogP contribution in [-0.4, -0.2) is 61.9 Å². The minimum atomic E-state index is -0.657. The molecule has 5 aromatic rings. The molecule has 13 heteroatoms. The maximum absolute atomic E-state index is 13.6. The van der Waals surface area contributed by atoms with Crippen LogP contribution in [0.1, 0.15) is 23.0 Å². The molecule has 218 valence electrons. The first-order valence-electron chi connectivity index (χ1n) is 13.9. The molecule has 2 aromatic carbocycles. The van der Waals surface area contributed by atoms with Crippen molar-refractivity contribution in [1.29, 1.82) is 0 Å². The van der Waals surface area contributed by atoms with Gasteiger partial charge in [-0.05, 0) is 36.2 Å². The summed E-state index contributed by atoms with van der Waals surface area (Å²) in [4.78, 5) is 35.4. The van der Waals surface area contributed by atoms with Gasteiger partial charge < -0.3 is 20.5 Å². The zero-order valence-corrected chi connectivity index (χ0v) is 22.9. The number of rotatable bonds is 7. The first-order valence-corrected chi connectivity index (χ1v) is 13.9. The third-order valence-electron chi connectivity index (χ3n) is 7.71. The van der Waals surface area contributed by atoms with Crippen LogP contribution in [0.25, 0.3) is 33.4 Å². The van der Waals surface area contributed by atoms with Crippen LogP contribution in [0.4, 0.5) is 15.9 Å². The number of halogens is 1. The molecule has 2 aliphatic heterocycles. The number of amides is 1. The smallest absolute Gasteiger partial charge is 0.280 e. The van der Waals surface area contributed by atoms with Crippen LogP contribution >= 0.6 is 0 Å². The summed E-state index contributed by atoms with van der Waals surface area (Å²) in [7, 11) is 0. The maximum Gasteiger partial charge on any atom is 0.280 e. The highest BCUT2D eigenvalue weighted by molar-refractivity contribution is 6.03. The molecule has 0 radical (unpaired) electrons. The van der Waals surface area contributed by atoms with Crippen molar-refractivity contribution in [3.05, 3.63) is 82.8 Å². The number of nitrogens with two attached hydrogens (primary N) is 1. The number of nitrogen functional groups attached to an aromatic ring is 1. The van der Waals surface area contributed by atoms with Gasteiger partial charge in [-0.2, -0.15) is 10.2 Å². The molecule has 1 unspecified atom stereocenters. The topological polar surface area (TPSA) is 152 Å². The van der Waals surface area contributed by atoms with Crippen LogP contribution in [0.15, 0.2) is 65.8 Å². The molecule has 3 aromatic heterocycles. The van der Waals surface area contributed by atoms with E-state index in [1.807, 2.05) is 4.68 Å². The van der Waals surface area contributed by atoms with Gasteiger partial charge in [0.1, 0.15) is 29.7 Å². The van der Waals surface area contributed by atoms with Crippen LogP contribution in [0, 0.1) is 11.7 Å². The molecule has 2 fully saturated rings. The second-order valence-corrected chi connectivity index (χ2v) is 10.7. The van der Waals surface area contributed by atoms with Crippen molar-refractivity contribution in [2.45, 2.75) is 19.0 Å². The fraction of sp³-hybridized carbons (Fsp3) is 0.267. The number of hydrogen-bond acceptors (Lipinski definition) is 9. The summed E-state index contributed by atoms with van der Waals surface area (Å²) in [5, 5.41) is 12.6. The van der Waals surface area contributed by atoms with E-state index >= 15 is 0 Å². The predicted octanol–water partition coefficient (Wildman–Crippen LogP) is 3.30. The molecule has 1 atom stereocenters. The number of ether oxygens (including phenoxy) is 2. The van der Waals surface area contributed by atoms with Crippen molar-refractivity contribution in [3.8, 4) is 22.4 Å². The SMILES string of the molecule is Nc1ncnc2c1c(-c1ccc(NC(=O)c3nn(CC4CCOC4)cc(-c4ccc(F)cc4)c3=O)cc1)nn2C1COC1. The number of benzene rings is 2. The molecule has 0 saturated carbocycles. The molecule has 5 heterocycles. The van der Waals surface area contributed by atoms with Gasteiger partial charge >= 0.3 is 0 Å². The summed E-state index contributed by atoms with van der Waals surface area (Å²) in [5.41, 5.74) is 8.60. The Balaban J connectivity index is 1.19. The normalized spacial score (nSPS) is 16.8. The summed E-state index contributed by atoms with van der Waals surface area (Å²) in [5.74, 6) is -0.558. The summed E-state index contributed by atoms with van der Waals surface area (Å²) >= 11 is 0. The molecule has 3 N–H and O–H groups in total. The maximum atomic E-state index is 13.6. The van der Waals surface area contributed by atoms with E-state index in [2.05, 4.69) is 20.4 Å². The average molecular weight is 583 g/mol. The Bertz CT molecular complexity index is 1880. The quantitative estimate of drug-likeness (QED) is 0.294. The lowest BCUT2D eigenvalue weighted by atomic mass is 10.1. The van der Waals surface area contributed by atoms with E-state index in [9.17, 15) is 14.0 Å². The van der Waals surface area contributed by atoms with Gasteiger partial charge in [0.05, 0.1) is 25.2 Å². The summed E-state index contributed by atoms with van der Waals surface area (Å²) in [6.07, 6.45) is 3.87. The molecule has 12 nitrogen and oxygen atoms in total. The van der Waals surface area contributed by atoms with Gasteiger partial charge in [-0.3, -0.25) is 14.3 Å². The van der Waals surface area contributed by atoms with Crippen molar-refractivity contribution in [3.63, 3.8) is 0 Å². The number of nitrogens with zero attached hydrogens (tertiary/aromatic N) is 6. The number of aromatic nitrogens is 6. The number of fused-ring (bicyclic) bond motifs is 1. The zero-order valence-electron chi connectivity index (χ0n) is 22.9. The van der Waals surface area contributed by atoms with Gasteiger partial charge in [-0.15, -0.1) is 0 Å². The third kappa shape index (κ3) is 5.13. The van der Waals surface area contributed by atoms with Gasteiger partial charge in [0.25, 0.3) is 5.91 Å². The standard InChI is InChI=1S/C30H27FN8O4/c31-20-5-1-18(2-6-20)23-12-38(11-17-9-10-42-13-17)36-26(27(23)40)30(41)35-21-7-3-19(4-8-21)25-24-28(32)33-16-34-29(24)39(37-25)22-14-43-15-22/h1-8,12,16-17,22H,9-11,13-15H2,(H,35,41)(H2,32,33,34). The number of hydrogen-bond donors (Lipinski definition) is 2. The second-order valence-electron chi connectivity index (χ2n) is 10.7. The summed E-state index contributed by atoms with van der Waals surface area (Å²) in [6, 6.07) is 12.7. The number of carbonyl (C=O) groups excluding carboxylic acids is 1. The zero-order chi connectivity index (χ0) is 29.5. The van der Waals surface area contributed by atoms with E-state index < -0.39 is 17.2 Å². The molecule has 0 bridgehead atoms. The number of nitrogens with one attached hydrogen (secondary N) is 1. The Labute approximate surface area is 244 Å². The van der Waals surface area contributed by atoms with E-state index in [1.54, 1.807) is 35.1 Å². The van der Waals surface area contributed by atoms with Crippen LogP contribution < -0.4 is 16.5 Å². The molecule has 0 aliphatic carbocycles. The summed E-state index contributed by atoms with van der Waals surface area (Å²) in [6.45, 7) is 2.79. The molecular formula is C30H27FN8O4. The molecule has 7 rings (SSSR count). The number of carbonyl (C=O) groups is 1. The van der Waals surface area contributed by atoms with Gasteiger partial charge in [0.15, 0.2) is 11.3 Å². The van der Waals surface area contributed by atoms with Crippen molar-refractivity contribution < 1.29 is 18.7 Å². The van der Waals surface area contributed by atoms with E-state index in [-0.39, 0.29) is 23.2 Å². The highest BCUT2D eigenvalue weighted by Gasteiger charge is 2.27. The van der Waals surface area contributed by atoms with E-state index in [0.717, 1.165) is 12.0 Å². The highest BCUT2D eigenvalue weighted by Crippen LogP contribution is 2.33. The largest absolute Gasteiger partial charge is 0.383 e. The van der Waals surface area contributed by atoms with E-state index in [0.29, 0.717) is 66.8 Å². The first kappa shape index (κ1) is 26.9. The Morgan fingerprint density at radius 2 is 1.77 bits per heavy atom. The van der Waals surface area contributed by atoms with Crippen LogP contribution in [0.5, 0.6) is 0 Å². The van der Waals surface area contributed by atoms with Crippen LogP contribution in [0.3, 0.4) is 0 Å². The molecule has 2 saturated heterocycles. The van der Waals surface area contributed by atoms with E-state index in [4.69, 9.17) is 20.3 Å². The van der Waals surface area contributed by atoms with E-state index in [1.165, 1.54) is 30.6 Å². The fourth-order valence-electron chi connectivity index (χ4n) is 5.33. The lowest BCUT2D eigenvalue weighted by Crippen LogP contribution is -2.31. The summed E-state index contributed by atoms with van der Waals surface area (Å²) < 4.78 is 27.8. The lowest BCUT2D eigenvalue weighted by Gasteiger charge is -2.26. The van der Waals surface area contributed by atoms with Crippen molar-refractivity contribution in [2.24, 2.45) is 5.92 Å². The van der Waals surface area contributed by atoms with Crippen molar-refractivity contribution in [2.75, 3.05) is 37.5 Å². The minimum Gasteiger partial charge on any atom is -0.383 e. The van der Waals surface area contributed by atoms with Crippen molar-refractivity contribution >= 4 is 28.4 Å². The van der Waals surface area contributed by atoms with Gasteiger partial charge in [0.2, 0.25) is 5.43 Å². The Hall–Kier alpha value is -5.01. The average Bonchev–Trinajstić information content (AvgIpc) is 3.63.